The summed E-state index contributed by atoms with van der Waals surface area (Å²) in [6.07, 6.45) is 1.04. The minimum Gasteiger partial charge on any atom is -0.508 e. The third kappa shape index (κ3) is 4.44. The Bertz CT molecular complexity index is 1160. The second-order valence-corrected chi connectivity index (χ2v) is 7.91. The number of fused-ring (bicyclic) bond motifs is 1. The zero-order valence-corrected chi connectivity index (χ0v) is 18.5. The molecule has 0 saturated heterocycles. The van der Waals surface area contributed by atoms with Crippen LogP contribution < -0.4 is 10.1 Å². The highest BCUT2D eigenvalue weighted by atomic mass is 16.5. The molecule has 2 N–H and O–H groups in total. The molecule has 160 valence electrons. The molecule has 4 nitrogen and oxygen atoms in total. The summed E-state index contributed by atoms with van der Waals surface area (Å²) in [6.45, 7) is 7.03. The number of hydrogen-bond donors (Lipinski definition) is 2. The fourth-order valence-electron chi connectivity index (χ4n) is 4.20. The van der Waals surface area contributed by atoms with Gasteiger partial charge in [0.05, 0.1) is 12.8 Å². The first kappa shape index (κ1) is 21.0. The van der Waals surface area contributed by atoms with Gasteiger partial charge in [-0.25, -0.2) is 0 Å². The molecule has 3 aromatic carbocycles. The normalized spacial score (nSPS) is 11.2. The van der Waals surface area contributed by atoms with Crippen LogP contribution in [0.5, 0.6) is 11.5 Å². The van der Waals surface area contributed by atoms with Crippen molar-refractivity contribution in [2.24, 2.45) is 0 Å². The lowest BCUT2D eigenvalue weighted by Crippen LogP contribution is -2.16. The molecule has 0 amide bonds. The van der Waals surface area contributed by atoms with E-state index >= 15 is 0 Å². The molecular formula is C27H30N2O2. The number of nitrogens with one attached hydrogen (secondary N) is 1. The van der Waals surface area contributed by atoms with Crippen LogP contribution in [0.1, 0.15) is 23.6 Å². The Morgan fingerprint density at radius 3 is 2.32 bits per heavy atom. The Morgan fingerprint density at radius 2 is 1.65 bits per heavy atom. The molecule has 0 radical (unpaired) electrons. The molecule has 1 heterocycles. The van der Waals surface area contributed by atoms with Crippen molar-refractivity contribution in [3.8, 4) is 22.8 Å². The van der Waals surface area contributed by atoms with Crippen LogP contribution in [0, 0.1) is 6.92 Å². The average molecular weight is 415 g/mol. The summed E-state index contributed by atoms with van der Waals surface area (Å²) in [6, 6.07) is 22.7. The van der Waals surface area contributed by atoms with E-state index in [2.05, 4.69) is 60.1 Å². The molecule has 0 aliphatic rings. The van der Waals surface area contributed by atoms with E-state index < -0.39 is 0 Å². The molecule has 0 bridgehead atoms. The number of rotatable bonds is 8. The lowest BCUT2D eigenvalue weighted by molar-refractivity contribution is 0.415. The zero-order chi connectivity index (χ0) is 21.8. The van der Waals surface area contributed by atoms with Gasteiger partial charge in [0.15, 0.2) is 0 Å². The summed E-state index contributed by atoms with van der Waals surface area (Å²) in [5.74, 6) is 1.13. The maximum absolute atomic E-state index is 10.1. The van der Waals surface area contributed by atoms with Gasteiger partial charge in [-0.1, -0.05) is 31.2 Å². The van der Waals surface area contributed by atoms with E-state index in [0.717, 1.165) is 48.3 Å². The number of aromatic nitrogens is 1. The van der Waals surface area contributed by atoms with Crippen molar-refractivity contribution in [3.63, 3.8) is 0 Å². The van der Waals surface area contributed by atoms with E-state index in [9.17, 15) is 5.11 Å². The second kappa shape index (κ2) is 9.27. The summed E-state index contributed by atoms with van der Waals surface area (Å²) in [4.78, 5) is 0. The Morgan fingerprint density at radius 1 is 0.935 bits per heavy atom. The van der Waals surface area contributed by atoms with Crippen LogP contribution in [0.4, 0.5) is 0 Å². The zero-order valence-electron chi connectivity index (χ0n) is 18.5. The van der Waals surface area contributed by atoms with Crippen LogP contribution in [0.3, 0.4) is 0 Å². The van der Waals surface area contributed by atoms with Crippen molar-refractivity contribution in [1.82, 2.24) is 9.88 Å². The third-order valence-corrected chi connectivity index (χ3v) is 5.87. The molecule has 4 heteroatoms. The molecular weight excluding hydrogens is 384 g/mol. The smallest absolute Gasteiger partial charge is 0.118 e. The fourth-order valence-corrected chi connectivity index (χ4v) is 4.20. The molecule has 4 rings (SSSR count). The van der Waals surface area contributed by atoms with Gasteiger partial charge in [-0.3, -0.25) is 0 Å². The molecule has 0 spiro atoms. The maximum Gasteiger partial charge on any atom is 0.118 e. The van der Waals surface area contributed by atoms with Gasteiger partial charge < -0.3 is 19.7 Å². The van der Waals surface area contributed by atoms with Crippen molar-refractivity contribution in [2.45, 2.75) is 26.8 Å². The molecule has 0 aliphatic heterocycles. The number of phenols is 1. The molecule has 0 fully saturated rings. The first-order valence-corrected chi connectivity index (χ1v) is 10.9. The molecule has 0 atom stereocenters. The van der Waals surface area contributed by atoms with E-state index in [0.29, 0.717) is 5.75 Å². The summed E-state index contributed by atoms with van der Waals surface area (Å²) in [5.41, 5.74) is 7.19. The van der Waals surface area contributed by atoms with Gasteiger partial charge >= 0.3 is 0 Å². The van der Waals surface area contributed by atoms with Crippen LogP contribution in [0.2, 0.25) is 0 Å². The number of aromatic hydroxyl groups is 1. The summed E-state index contributed by atoms with van der Waals surface area (Å²) < 4.78 is 7.68. The Hall–Kier alpha value is -3.24. The summed E-state index contributed by atoms with van der Waals surface area (Å²) in [7, 11) is 1.68. The second-order valence-electron chi connectivity index (χ2n) is 7.91. The predicted molar refractivity (Wildman–Crippen MR) is 128 cm³/mol. The number of nitrogens with zero attached hydrogens (tertiary/aromatic N) is 1. The van der Waals surface area contributed by atoms with Crippen LogP contribution in [-0.2, 0) is 13.0 Å². The van der Waals surface area contributed by atoms with E-state index in [1.54, 1.807) is 13.2 Å². The highest BCUT2D eigenvalue weighted by molar-refractivity contribution is 5.92. The van der Waals surface area contributed by atoms with Gasteiger partial charge in [-0.05, 0) is 91.2 Å². The topological polar surface area (TPSA) is 46.4 Å². The fraction of sp³-hybridized carbons (Fsp3) is 0.259. The quantitative estimate of drug-likeness (QED) is 0.373. The Labute approximate surface area is 184 Å². The number of benzene rings is 3. The number of methoxy groups -OCH3 is 1. The first-order valence-electron chi connectivity index (χ1n) is 10.9. The lowest BCUT2D eigenvalue weighted by Gasteiger charge is -2.13. The largest absolute Gasteiger partial charge is 0.508 e. The molecule has 1 aromatic heterocycles. The lowest BCUT2D eigenvalue weighted by atomic mass is 10.1. The van der Waals surface area contributed by atoms with Gasteiger partial charge in [-0.2, -0.15) is 0 Å². The van der Waals surface area contributed by atoms with Crippen LogP contribution in [-0.4, -0.2) is 29.9 Å². The third-order valence-electron chi connectivity index (χ3n) is 5.87. The van der Waals surface area contributed by atoms with Gasteiger partial charge in [-0.15, -0.1) is 0 Å². The van der Waals surface area contributed by atoms with E-state index in [1.807, 2.05) is 24.3 Å². The summed E-state index contributed by atoms with van der Waals surface area (Å²) >= 11 is 0. The molecule has 0 aliphatic carbocycles. The number of aryl methyl sites for hydroxylation is 1. The minimum atomic E-state index is 0.291. The molecule has 31 heavy (non-hydrogen) atoms. The Balaban J connectivity index is 1.73. The average Bonchev–Trinajstić information content (AvgIpc) is 3.06. The molecule has 0 saturated carbocycles. The van der Waals surface area contributed by atoms with Crippen LogP contribution in [0.15, 0.2) is 66.7 Å². The van der Waals surface area contributed by atoms with Crippen molar-refractivity contribution >= 4 is 10.9 Å². The van der Waals surface area contributed by atoms with Crippen molar-refractivity contribution in [3.05, 3.63) is 83.4 Å². The predicted octanol–water partition coefficient (Wildman–Crippen LogP) is 5.53. The van der Waals surface area contributed by atoms with Crippen molar-refractivity contribution in [1.29, 1.82) is 0 Å². The highest BCUT2D eigenvalue weighted by Gasteiger charge is 2.17. The van der Waals surface area contributed by atoms with Gasteiger partial charge in [0, 0.05) is 17.4 Å². The van der Waals surface area contributed by atoms with Gasteiger partial charge in [0.1, 0.15) is 11.5 Å². The monoisotopic (exact) mass is 414 g/mol. The molecule has 4 aromatic rings. The Kier molecular flexibility index (Phi) is 6.28. The van der Waals surface area contributed by atoms with E-state index in [-0.39, 0.29) is 0 Å². The standard InChI is InChI=1S/C27H30N2O2/c1-4-28-16-15-20-5-7-21(8-6-20)18-29-26-14-11-23(30)17-25(26)19(2)27(29)22-9-12-24(31-3)13-10-22/h5-14,17,28,30H,4,15-16,18H2,1-3H3. The minimum absolute atomic E-state index is 0.291. The maximum atomic E-state index is 10.1. The van der Waals surface area contributed by atoms with Gasteiger partial charge in [0.25, 0.3) is 0 Å². The van der Waals surface area contributed by atoms with Crippen LogP contribution in [0.25, 0.3) is 22.2 Å². The first-order chi connectivity index (χ1) is 15.1. The SMILES string of the molecule is CCNCCc1ccc(Cn2c(-c3ccc(OC)cc3)c(C)c3cc(O)ccc32)cc1. The van der Waals surface area contributed by atoms with Crippen molar-refractivity contribution in [2.75, 3.05) is 20.2 Å². The molecule has 0 unspecified atom stereocenters. The van der Waals surface area contributed by atoms with E-state index in [4.69, 9.17) is 4.74 Å². The number of phenolic OH excluding ortho intramolecular Hbond substituents is 1. The van der Waals surface area contributed by atoms with E-state index in [1.165, 1.54) is 22.4 Å². The number of hydrogen-bond acceptors (Lipinski definition) is 3. The van der Waals surface area contributed by atoms with Crippen LogP contribution >= 0.6 is 0 Å². The van der Waals surface area contributed by atoms with Gasteiger partial charge in [0.2, 0.25) is 0 Å². The highest BCUT2D eigenvalue weighted by Crippen LogP contribution is 2.36. The number of ether oxygens (including phenoxy) is 1. The summed E-state index contributed by atoms with van der Waals surface area (Å²) in [5, 5.41) is 14.5. The number of likely N-dealkylation sites (N-methyl/N-ethyl adjacent to an activating group) is 1. The van der Waals surface area contributed by atoms with Crippen molar-refractivity contribution < 1.29 is 9.84 Å².